The number of aryl methyl sites for hydroxylation is 1. The van der Waals surface area contributed by atoms with Crippen LogP contribution in [0.1, 0.15) is 30.4 Å². The molecule has 0 spiro atoms. The van der Waals surface area contributed by atoms with Gasteiger partial charge in [-0.25, -0.2) is 4.39 Å². The molecular formula is C18H19FN2O. The average molecular weight is 298 g/mol. The molecule has 1 aliphatic rings. The standard InChI is InChI=1S/C18H19FN2O/c1-12(18(22)21-16-7-5-15(19)6-8-16)13-4-9-17-14(11-13)3-2-10-20-17/h4-9,11-12,20H,2-3,10H2,1H3,(H,21,22). The molecule has 0 aliphatic carbocycles. The smallest absolute Gasteiger partial charge is 0.231 e. The maximum Gasteiger partial charge on any atom is 0.231 e. The second-order valence-corrected chi connectivity index (χ2v) is 5.66. The molecular weight excluding hydrogens is 279 g/mol. The second kappa shape index (κ2) is 6.18. The van der Waals surface area contributed by atoms with E-state index in [1.165, 1.54) is 23.4 Å². The van der Waals surface area contributed by atoms with Crippen LogP contribution >= 0.6 is 0 Å². The van der Waals surface area contributed by atoms with Crippen molar-refractivity contribution in [3.05, 3.63) is 59.4 Å². The summed E-state index contributed by atoms with van der Waals surface area (Å²) in [6.07, 6.45) is 2.16. The predicted molar refractivity (Wildman–Crippen MR) is 86.7 cm³/mol. The molecule has 3 rings (SSSR count). The monoisotopic (exact) mass is 298 g/mol. The fraction of sp³-hybridized carbons (Fsp3) is 0.278. The van der Waals surface area contributed by atoms with Gasteiger partial charge in [-0.1, -0.05) is 12.1 Å². The Kier molecular flexibility index (Phi) is 4.09. The number of halogens is 1. The molecule has 1 heterocycles. The summed E-state index contributed by atoms with van der Waals surface area (Å²) in [6, 6.07) is 12.0. The molecule has 0 saturated carbocycles. The zero-order valence-corrected chi connectivity index (χ0v) is 12.5. The third kappa shape index (κ3) is 3.11. The molecule has 0 fully saturated rings. The lowest BCUT2D eigenvalue weighted by Gasteiger charge is -2.20. The van der Waals surface area contributed by atoms with Gasteiger partial charge in [0.15, 0.2) is 0 Å². The van der Waals surface area contributed by atoms with Crippen LogP contribution in [0.2, 0.25) is 0 Å². The summed E-state index contributed by atoms with van der Waals surface area (Å²) in [5.41, 5.74) is 4.05. The molecule has 0 aromatic heterocycles. The lowest BCUT2D eigenvalue weighted by molar-refractivity contribution is -0.117. The SMILES string of the molecule is CC(C(=O)Nc1ccc(F)cc1)c1ccc2c(c1)CCCN2. The van der Waals surface area contributed by atoms with E-state index in [1.54, 1.807) is 12.1 Å². The summed E-state index contributed by atoms with van der Waals surface area (Å²) in [4.78, 5) is 12.3. The first-order valence-corrected chi connectivity index (χ1v) is 7.56. The largest absolute Gasteiger partial charge is 0.385 e. The van der Waals surface area contributed by atoms with E-state index >= 15 is 0 Å². The van der Waals surface area contributed by atoms with Gasteiger partial charge in [-0.2, -0.15) is 0 Å². The molecule has 4 heteroatoms. The number of fused-ring (bicyclic) bond motifs is 1. The fourth-order valence-electron chi connectivity index (χ4n) is 2.70. The number of carbonyl (C=O) groups excluding carboxylic acids is 1. The van der Waals surface area contributed by atoms with Gasteiger partial charge in [0.1, 0.15) is 5.82 Å². The molecule has 1 aliphatic heterocycles. The van der Waals surface area contributed by atoms with Crippen LogP contribution in [-0.4, -0.2) is 12.5 Å². The van der Waals surface area contributed by atoms with E-state index in [0.717, 1.165) is 24.9 Å². The first kappa shape index (κ1) is 14.6. The molecule has 2 N–H and O–H groups in total. The predicted octanol–water partition coefficient (Wildman–Crippen LogP) is 3.93. The minimum atomic E-state index is -0.312. The van der Waals surface area contributed by atoms with Crippen LogP contribution in [0.4, 0.5) is 15.8 Å². The fourth-order valence-corrected chi connectivity index (χ4v) is 2.70. The zero-order valence-electron chi connectivity index (χ0n) is 12.5. The summed E-state index contributed by atoms with van der Waals surface area (Å²) in [7, 11) is 0. The van der Waals surface area contributed by atoms with E-state index in [-0.39, 0.29) is 17.6 Å². The van der Waals surface area contributed by atoms with Crippen molar-refractivity contribution < 1.29 is 9.18 Å². The zero-order chi connectivity index (χ0) is 15.5. The number of nitrogens with one attached hydrogen (secondary N) is 2. The van der Waals surface area contributed by atoms with E-state index in [4.69, 9.17) is 0 Å². The Morgan fingerprint density at radius 2 is 2.00 bits per heavy atom. The number of hydrogen-bond donors (Lipinski definition) is 2. The van der Waals surface area contributed by atoms with Crippen molar-refractivity contribution in [1.82, 2.24) is 0 Å². The van der Waals surface area contributed by atoms with Crippen molar-refractivity contribution in [1.29, 1.82) is 0 Å². The molecule has 2 aromatic rings. The number of hydrogen-bond acceptors (Lipinski definition) is 2. The lowest BCUT2D eigenvalue weighted by Crippen LogP contribution is -2.19. The van der Waals surface area contributed by atoms with Gasteiger partial charge < -0.3 is 10.6 Å². The molecule has 0 bridgehead atoms. The topological polar surface area (TPSA) is 41.1 Å². The Hall–Kier alpha value is -2.36. The van der Waals surface area contributed by atoms with E-state index in [9.17, 15) is 9.18 Å². The first-order valence-electron chi connectivity index (χ1n) is 7.56. The van der Waals surface area contributed by atoms with Gasteiger partial charge in [0.05, 0.1) is 5.92 Å². The van der Waals surface area contributed by atoms with E-state index < -0.39 is 0 Å². The Labute approximate surface area is 129 Å². The quantitative estimate of drug-likeness (QED) is 0.901. The van der Waals surface area contributed by atoms with Gasteiger partial charge in [-0.05, 0) is 61.2 Å². The maximum absolute atomic E-state index is 12.9. The van der Waals surface area contributed by atoms with Gasteiger partial charge in [0.2, 0.25) is 5.91 Å². The van der Waals surface area contributed by atoms with Crippen LogP contribution in [0.5, 0.6) is 0 Å². The number of rotatable bonds is 3. The summed E-state index contributed by atoms with van der Waals surface area (Å²) in [5, 5.41) is 6.19. The van der Waals surface area contributed by atoms with Crippen LogP contribution in [-0.2, 0) is 11.2 Å². The molecule has 22 heavy (non-hydrogen) atoms. The van der Waals surface area contributed by atoms with Crippen molar-refractivity contribution in [2.75, 3.05) is 17.2 Å². The summed E-state index contributed by atoms with van der Waals surface area (Å²) in [5.74, 6) is -0.652. The average Bonchev–Trinajstić information content (AvgIpc) is 2.55. The van der Waals surface area contributed by atoms with Crippen molar-refractivity contribution in [2.45, 2.75) is 25.7 Å². The molecule has 114 valence electrons. The number of anilines is 2. The highest BCUT2D eigenvalue weighted by molar-refractivity contribution is 5.95. The first-order chi connectivity index (χ1) is 10.6. The third-order valence-electron chi connectivity index (χ3n) is 4.07. The van der Waals surface area contributed by atoms with Crippen LogP contribution in [0.3, 0.4) is 0 Å². The van der Waals surface area contributed by atoms with Crippen molar-refractivity contribution in [3.8, 4) is 0 Å². The van der Waals surface area contributed by atoms with E-state index in [2.05, 4.69) is 16.7 Å². The molecule has 1 amide bonds. The molecule has 1 unspecified atom stereocenters. The highest BCUT2D eigenvalue weighted by atomic mass is 19.1. The molecule has 0 radical (unpaired) electrons. The van der Waals surface area contributed by atoms with Crippen molar-refractivity contribution in [3.63, 3.8) is 0 Å². The van der Waals surface area contributed by atoms with E-state index in [1.807, 2.05) is 19.1 Å². The minimum Gasteiger partial charge on any atom is -0.385 e. The van der Waals surface area contributed by atoms with Gasteiger partial charge in [0, 0.05) is 17.9 Å². The van der Waals surface area contributed by atoms with Crippen molar-refractivity contribution in [2.24, 2.45) is 0 Å². The Morgan fingerprint density at radius 1 is 1.23 bits per heavy atom. The second-order valence-electron chi connectivity index (χ2n) is 5.66. The highest BCUT2D eigenvalue weighted by Crippen LogP contribution is 2.27. The number of amides is 1. The summed E-state index contributed by atoms with van der Waals surface area (Å²) < 4.78 is 12.9. The van der Waals surface area contributed by atoms with Gasteiger partial charge in [-0.15, -0.1) is 0 Å². The summed E-state index contributed by atoms with van der Waals surface area (Å²) >= 11 is 0. The number of benzene rings is 2. The highest BCUT2D eigenvalue weighted by Gasteiger charge is 2.18. The summed E-state index contributed by atoms with van der Waals surface area (Å²) in [6.45, 7) is 2.89. The van der Waals surface area contributed by atoms with Gasteiger partial charge >= 0.3 is 0 Å². The van der Waals surface area contributed by atoms with Crippen LogP contribution in [0.25, 0.3) is 0 Å². The van der Waals surface area contributed by atoms with E-state index in [0.29, 0.717) is 5.69 Å². The van der Waals surface area contributed by atoms with Crippen LogP contribution < -0.4 is 10.6 Å². The van der Waals surface area contributed by atoms with Crippen LogP contribution in [0.15, 0.2) is 42.5 Å². The lowest BCUT2D eigenvalue weighted by atomic mass is 9.94. The Morgan fingerprint density at radius 3 is 2.77 bits per heavy atom. The Bertz CT molecular complexity index is 682. The maximum atomic E-state index is 12.9. The van der Waals surface area contributed by atoms with Crippen molar-refractivity contribution >= 4 is 17.3 Å². The number of carbonyl (C=O) groups is 1. The normalized spacial score (nSPS) is 14.6. The molecule has 2 aromatic carbocycles. The van der Waals surface area contributed by atoms with Gasteiger partial charge in [-0.3, -0.25) is 4.79 Å². The molecule has 0 saturated heterocycles. The minimum absolute atomic E-state index is 0.0877. The molecule has 3 nitrogen and oxygen atoms in total. The van der Waals surface area contributed by atoms with Gasteiger partial charge in [0.25, 0.3) is 0 Å². The third-order valence-corrected chi connectivity index (χ3v) is 4.07. The Balaban J connectivity index is 1.73. The van der Waals surface area contributed by atoms with Crippen LogP contribution in [0, 0.1) is 5.82 Å². The molecule has 1 atom stereocenters.